The van der Waals surface area contributed by atoms with Gasteiger partial charge in [0.15, 0.2) is 0 Å². The Morgan fingerprint density at radius 3 is 2.72 bits per heavy atom. The van der Waals surface area contributed by atoms with Crippen LogP contribution in [0.3, 0.4) is 0 Å². The minimum Gasteiger partial charge on any atom is -0.488 e. The van der Waals surface area contributed by atoms with Gasteiger partial charge >= 0.3 is 6.03 Å². The van der Waals surface area contributed by atoms with Gasteiger partial charge in [0.05, 0.1) is 18.3 Å². The Bertz CT molecular complexity index is 805. The molecule has 1 aliphatic heterocycles. The van der Waals surface area contributed by atoms with Crippen molar-refractivity contribution in [2.75, 3.05) is 31.6 Å². The Morgan fingerprint density at radius 1 is 1.38 bits per heavy atom. The zero-order valence-corrected chi connectivity index (χ0v) is 17.5. The molecule has 0 unspecified atom stereocenters. The summed E-state index contributed by atoms with van der Waals surface area (Å²) in [5.74, 6) is 1.44. The van der Waals surface area contributed by atoms with Gasteiger partial charge in [-0.2, -0.15) is 5.10 Å². The first kappa shape index (κ1) is 21.4. The molecule has 1 saturated heterocycles. The van der Waals surface area contributed by atoms with E-state index >= 15 is 0 Å². The number of rotatable bonds is 9. The van der Waals surface area contributed by atoms with E-state index in [0.29, 0.717) is 17.3 Å². The molecular formula is C20H28ClN5O3. The third kappa shape index (κ3) is 6.09. The fourth-order valence-electron chi connectivity index (χ4n) is 3.19. The Labute approximate surface area is 175 Å². The highest BCUT2D eigenvalue weighted by atomic mass is 35.5. The van der Waals surface area contributed by atoms with Gasteiger partial charge < -0.3 is 15.2 Å². The highest BCUT2D eigenvalue weighted by molar-refractivity contribution is 6.30. The zero-order valence-electron chi connectivity index (χ0n) is 16.8. The lowest BCUT2D eigenvalue weighted by Crippen LogP contribution is -2.55. The molecule has 2 heterocycles. The number of likely N-dealkylation sites (tertiary alicyclic amines) is 1. The van der Waals surface area contributed by atoms with Crippen LogP contribution in [-0.2, 0) is 13.5 Å². The first-order valence-corrected chi connectivity index (χ1v) is 10.2. The summed E-state index contributed by atoms with van der Waals surface area (Å²) in [4.78, 5) is 14.5. The van der Waals surface area contributed by atoms with Gasteiger partial charge in [-0.15, -0.1) is 0 Å². The van der Waals surface area contributed by atoms with Crippen LogP contribution in [0.4, 0.5) is 10.6 Å². The van der Waals surface area contributed by atoms with Crippen molar-refractivity contribution in [2.45, 2.75) is 31.9 Å². The van der Waals surface area contributed by atoms with Gasteiger partial charge in [-0.1, -0.05) is 18.5 Å². The molecule has 1 aromatic heterocycles. The fourth-order valence-corrected chi connectivity index (χ4v) is 3.31. The number of aromatic nitrogens is 2. The van der Waals surface area contributed by atoms with Crippen LogP contribution < -0.4 is 15.4 Å². The highest BCUT2D eigenvalue weighted by Gasteiger charge is 2.28. The molecule has 1 aliphatic rings. The van der Waals surface area contributed by atoms with Crippen molar-refractivity contribution in [2.24, 2.45) is 7.05 Å². The van der Waals surface area contributed by atoms with E-state index < -0.39 is 0 Å². The van der Waals surface area contributed by atoms with Gasteiger partial charge in [-0.05, 0) is 37.1 Å². The predicted molar refractivity (Wildman–Crippen MR) is 113 cm³/mol. The van der Waals surface area contributed by atoms with E-state index in [1.807, 2.05) is 37.3 Å². The first-order valence-electron chi connectivity index (χ1n) is 9.82. The van der Waals surface area contributed by atoms with Gasteiger partial charge in [0.1, 0.15) is 17.7 Å². The molecule has 1 fully saturated rings. The van der Waals surface area contributed by atoms with Gasteiger partial charge in [-0.3, -0.25) is 14.9 Å². The van der Waals surface area contributed by atoms with Crippen LogP contribution in [0.2, 0.25) is 5.02 Å². The number of hydrogen-bond donors (Lipinski definition) is 3. The van der Waals surface area contributed by atoms with Crippen molar-refractivity contribution >= 4 is 23.4 Å². The minimum atomic E-state index is -0.345. The Balaban J connectivity index is 1.36. The summed E-state index contributed by atoms with van der Waals surface area (Å²) in [6.07, 6.45) is 1.61. The van der Waals surface area contributed by atoms with Gasteiger partial charge in [-0.25, -0.2) is 4.79 Å². The smallest absolute Gasteiger partial charge is 0.320 e. The monoisotopic (exact) mass is 421 g/mol. The maximum atomic E-state index is 12.2. The van der Waals surface area contributed by atoms with Crippen LogP contribution in [0.1, 0.15) is 19.0 Å². The van der Waals surface area contributed by atoms with E-state index in [1.165, 1.54) is 0 Å². The molecule has 0 radical (unpaired) electrons. The number of urea groups is 1. The molecule has 3 N–H and O–H groups in total. The van der Waals surface area contributed by atoms with Gasteiger partial charge in [0.25, 0.3) is 0 Å². The summed E-state index contributed by atoms with van der Waals surface area (Å²) < 4.78 is 7.52. The quantitative estimate of drug-likeness (QED) is 0.577. The number of amides is 2. The van der Waals surface area contributed by atoms with E-state index in [1.54, 1.807) is 11.7 Å². The standard InChI is InChI=1S/C20H28ClN5O3/c1-3-15-10-19(25(2)24-15)23-20(28)22-16(13-27)8-9-26-11-18(12-26)29-17-6-4-14(21)5-7-17/h4-7,10,16,18,27H,3,8-9,11-13H2,1-2H3,(H2,22,23,28)/t16-/m0/s1. The lowest BCUT2D eigenvalue weighted by Gasteiger charge is -2.39. The van der Waals surface area contributed by atoms with Crippen LogP contribution in [0, 0.1) is 0 Å². The molecule has 0 spiro atoms. The number of aryl methyl sites for hydroxylation is 2. The molecule has 158 valence electrons. The molecule has 2 aromatic rings. The second-order valence-corrected chi connectivity index (χ2v) is 7.65. The highest BCUT2D eigenvalue weighted by Crippen LogP contribution is 2.20. The third-order valence-electron chi connectivity index (χ3n) is 4.92. The number of benzene rings is 1. The molecule has 1 atom stereocenters. The van der Waals surface area contributed by atoms with Crippen LogP contribution in [-0.4, -0.2) is 64.2 Å². The normalized spacial score (nSPS) is 15.6. The summed E-state index contributed by atoms with van der Waals surface area (Å²) in [5.41, 5.74) is 0.912. The van der Waals surface area contributed by atoms with Gasteiger partial charge in [0, 0.05) is 37.8 Å². The maximum Gasteiger partial charge on any atom is 0.320 e. The molecule has 29 heavy (non-hydrogen) atoms. The Hall–Kier alpha value is -2.29. The number of halogens is 1. The van der Waals surface area contributed by atoms with E-state index in [0.717, 1.165) is 37.5 Å². The number of anilines is 1. The second kappa shape index (κ2) is 9.96. The number of nitrogens with zero attached hydrogens (tertiary/aromatic N) is 3. The first-order chi connectivity index (χ1) is 14.0. The average molecular weight is 422 g/mol. The molecule has 0 bridgehead atoms. The van der Waals surface area contributed by atoms with Crippen molar-refractivity contribution in [3.8, 4) is 5.75 Å². The van der Waals surface area contributed by atoms with E-state index in [9.17, 15) is 9.90 Å². The number of aliphatic hydroxyl groups is 1. The summed E-state index contributed by atoms with van der Waals surface area (Å²) in [6.45, 7) is 4.31. The molecule has 2 amide bonds. The van der Waals surface area contributed by atoms with E-state index in [2.05, 4.69) is 20.6 Å². The van der Waals surface area contributed by atoms with Crippen molar-refractivity contribution in [1.29, 1.82) is 0 Å². The second-order valence-electron chi connectivity index (χ2n) is 7.22. The molecule has 0 saturated carbocycles. The zero-order chi connectivity index (χ0) is 20.8. The van der Waals surface area contributed by atoms with E-state index in [-0.39, 0.29) is 24.8 Å². The predicted octanol–water partition coefficient (Wildman–Crippen LogP) is 2.27. The lowest BCUT2D eigenvalue weighted by molar-refractivity contribution is 0.0168. The van der Waals surface area contributed by atoms with Crippen LogP contribution in [0.5, 0.6) is 5.75 Å². The molecular weight excluding hydrogens is 394 g/mol. The lowest BCUT2D eigenvalue weighted by atomic mass is 10.1. The maximum absolute atomic E-state index is 12.2. The third-order valence-corrected chi connectivity index (χ3v) is 5.18. The number of aliphatic hydroxyl groups excluding tert-OH is 1. The number of ether oxygens (including phenoxy) is 1. The summed E-state index contributed by atoms with van der Waals surface area (Å²) >= 11 is 5.88. The van der Waals surface area contributed by atoms with Crippen molar-refractivity contribution in [3.05, 3.63) is 41.0 Å². The van der Waals surface area contributed by atoms with Crippen molar-refractivity contribution in [3.63, 3.8) is 0 Å². The summed E-state index contributed by atoms with van der Waals surface area (Å²) in [6, 6.07) is 8.53. The summed E-state index contributed by atoms with van der Waals surface area (Å²) in [5, 5.41) is 20.2. The van der Waals surface area contributed by atoms with Crippen molar-refractivity contribution in [1.82, 2.24) is 20.0 Å². The fraction of sp³-hybridized carbons (Fsp3) is 0.500. The van der Waals surface area contributed by atoms with E-state index in [4.69, 9.17) is 16.3 Å². The van der Waals surface area contributed by atoms with Gasteiger partial charge in [0.2, 0.25) is 0 Å². The Kier molecular flexibility index (Phi) is 7.35. The molecule has 8 nitrogen and oxygen atoms in total. The Morgan fingerprint density at radius 2 is 2.10 bits per heavy atom. The number of hydrogen-bond acceptors (Lipinski definition) is 5. The SMILES string of the molecule is CCc1cc(NC(=O)N[C@H](CO)CCN2CC(Oc3ccc(Cl)cc3)C2)n(C)n1. The molecule has 0 aliphatic carbocycles. The molecule has 3 rings (SSSR count). The van der Waals surface area contributed by atoms with Crippen molar-refractivity contribution < 1.29 is 14.6 Å². The van der Waals surface area contributed by atoms with Crippen LogP contribution >= 0.6 is 11.6 Å². The molecule has 1 aromatic carbocycles. The topological polar surface area (TPSA) is 91.6 Å². The summed E-state index contributed by atoms with van der Waals surface area (Å²) in [7, 11) is 1.78. The largest absolute Gasteiger partial charge is 0.488 e. The molecule has 9 heteroatoms. The van der Waals surface area contributed by atoms with Crippen LogP contribution in [0.25, 0.3) is 0 Å². The number of carbonyl (C=O) groups is 1. The minimum absolute atomic E-state index is 0.114. The van der Waals surface area contributed by atoms with Crippen LogP contribution in [0.15, 0.2) is 30.3 Å². The number of carbonyl (C=O) groups excluding carboxylic acids is 1. The average Bonchev–Trinajstić information content (AvgIpc) is 3.03. The number of nitrogens with one attached hydrogen (secondary N) is 2.